The molecule has 4 aliphatic rings. The van der Waals surface area contributed by atoms with E-state index in [-0.39, 0.29) is 57.1 Å². The van der Waals surface area contributed by atoms with Gasteiger partial charge in [0.1, 0.15) is 11.4 Å². The van der Waals surface area contributed by atoms with Gasteiger partial charge in [0, 0.05) is 24.2 Å². The molecule has 0 amide bonds. The van der Waals surface area contributed by atoms with Gasteiger partial charge in [-0.05, 0) is 67.6 Å². The number of methoxy groups -OCH3 is 1. The number of fused-ring (bicyclic) bond motifs is 5. The first-order chi connectivity index (χ1) is 14.1. The van der Waals surface area contributed by atoms with Crippen molar-refractivity contribution in [3.05, 3.63) is 11.6 Å². The molecule has 164 valence electrons. The number of ether oxygens (including phenoxy) is 1. The molecule has 0 radical (unpaired) electrons. The number of thioether (sulfide) groups is 1. The Morgan fingerprint density at radius 1 is 1.27 bits per heavy atom. The fraction of sp³-hybridized carbons (Fsp3) is 0.739. The van der Waals surface area contributed by atoms with E-state index in [4.69, 9.17) is 17.0 Å². The molecule has 4 aliphatic carbocycles. The van der Waals surface area contributed by atoms with Crippen LogP contribution in [0.25, 0.3) is 0 Å². The maximum atomic E-state index is 13.6. The number of thiocarbonyl (C=S) groups is 1. The Kier molecular flexibility index (Phi) is 5.55. The van der Waals surface area contributed by atoms with Crippen LogP contribution in [0.2, 0.25) is 0 Å². The molecule has 3 fully saturated rings. The van der Waals surface area contributed by atoms with Crippen LogP contribution in [0.5, 0.6) is 0 Å². The molecule has 0 saturated heterocycles. The summed E-state index contributed by atoms with van der Waals surface area (Å²) in [5, 5.41) is 11.6. The van der Waals surface area contributed by atoms with E-state index >= 15 is 0 Å². The lowest BCUT2D eigenvalue weighted by atomic mass is 9.46. The number of rotatable bonds is 3. The van der Waals surface area contributed by atoms with Crippen LogP contribution >= 0.6 is 24.0 Å². The first-order valence-electron chi connectivity index (χ1n) is 10.8. The van der Waals surface area contributed by atoms with Gasteiger partial charge in [0.2, 0.25) is 4.38 Å². The van der Waals surface area contributed by atoms with Crippen LogP contribution in [-0.4, -0.2) is 45.3 Å². The first-order valence-corrected chi connectivity index (χ1v) is 12.2. The Hall–Kier alpha value is -1.05. The Morgan fingerprint density at radius 3 is 2.70 bits per heavy atom. The maximum Gasteiger partial charge on any atom is 0.220 e. The highest BCUT2D eigenvalue weighted by atomic mass is 32.2. The van der Waals surface area contributed by atoms with Crippen molar-refractivity contribution in [1.29, 1.82) is 0 Å². The van der Waals surface area contributed by atoms with E-state index in [1.807, 2.05) is 6.92 Å². The Labute approximate surface area is 187 Å². The molecule has 6 atom stereocenters. The van der Waals surface area contributed by atoms with Crippen molar-refractivity contribution in [3.63, 3.8) is 0 Å². The van der Waals surface area contributed by atoms with Crippen molar-refractivity contribution >= 4 is 45.7 Å². The van der Waals surface area contributed by atoms with Gasteiger partial charge in [0.25, 0.3) is 0 Å². The number of Topliss-reactive ketones (excluding diaryl/α,β-unsaturated/α-hetero) is 2. The first kappa shape index (κ1) is 22.2. The van der Waals surface area contributed by atoms with Crippen LogP contribution in [0.1, 0.15) is 58.8 Å². The predicted octanol–water partition coefficient (Wildman–Crippen LogP) is 3.66. The van der Waals surface area contributed by atoms with E-state index in [1.54, 1.807) is 6.08 Å². The quantitative estimate of drug-likeness (QED) is 0.657. The highest BCUT2D eigenvalue weighted by Gasteiger charge is 2.68. The number of hydrogen-bond acceptors (Lipinski definition) is 7. The van der Waals surface area contributed by atoms with Gasteiger partial charge in [-0.3, -0.25) is 14.4 Å². The highest BCUT2D eigenvalue weighted by molar-refractivity contribution is 8.23. The predicted molar refractivity (Wildman–Crippen MR) is 119 cm³/mol. The zero-order chi connectivity index (χ0) is 21.9. The molecular formula is C23H30O5S2. The van der Waals surface area contributed by atoms with Gasteiger partial charge in [-0.15, -0.1) is 0 Å². The molecule has 7 heteroatoms. The molecule has 0 aromatic carbocycles. The molecule has 4 rings (SSSR count). The van der Waals surface area contributed by atoms with Gasteiger partial charge < -0.3 is 9.84 Å². The van der Waals surface area contributed by atoms with Crippen LogP contribution in [0.4, 0.5) is 0 Å². The van der Waals surface area contributed by atoms with Crippen LogP contribution in [0.3, 0.4) is 0 Å². The molecule has 3 saturated carbocycles. The van der Waals surface area contributed by atoms with Gasteiger partial charge in [0.15, 0.2) is 11.6 Å². The average Bonchev–Trinajstić information content (AvgIpc) is 2.97. The summed E-state index contributed by atoms with van der Waals surface area (Å²) in [5.41, 5.74) is -1.39. The second kappa shape index (κ2) is 7.52. The second-order valence-corrected chi connectivity index (χ2v) is 11.5. The summed E-state index contributed by atoms with van der Waals surface area (Å²) < 4.78 is 5.24. The SMILES string of the molecule is COC(=S)SCC(=O)[C@@]1(O)CC[C@@H]2[C@H]3CCC4=CC(=O)CC[C@]4(C)[C@@H]3C(=O)C[C@@]21C. The van der Waals surface area contributed by atoms with Crippen LogP contribution in [0.15, 0.2) is 11.6 Å². The number of ketones is 3. The lowest BCUT2D eigenvalue weighted by molar-refractivity contribution is -0.167. The van der Waals surface area contributed by atoms with Gasteiger partial charge in [-0.2, -0.15) is 0 Å². The molecule has 0 heterocycles. The largest absolute Gasteiger partial charge is 0.482 e. The number of allylic oxidation sites excluding steroid dienone is 1. The van der Waals surface area contributed by atoms with Crippen molar-refractivity contribution < 1.29 is 24.2 Å². The summed E-state index contributed by atoms with van der Waals surface area (Å²) in [6.07, 6.45) is 6.04. The minimum atomic E-state index is -1.51. The fourth-order valence-electron chi connectivity index (χ4n) is 7.15. The Balaban J connectivity index is 1.63. The third-order valence-electron chi connectivity index (χ3n) is 8.76. The topological polar surface area (TPSA) is 80.7 Å². The minimum Gasteiger partial charge on any atom is -0.482 e. The lowest BCUT2D eigenvalue weighted by Gasteiger charge is -2.57. The summed E-state index contributed by atoms with van der Waals surface area (Å²) in [6.45, 7) is 4.09. The van der Waals surface area contributed by atoms with E-state index in [0.717, 1.165) is 43.0 Å². The molecule has 5 nitrogen and oxygen atoms in total. The smallest absolute Gasteiger partial charge is 0.220 e. The van der Waals surface area contributed by atoms with Crippen molar-refractivity contribution in [2.45, 2.75) is 64.4 Å². The molecule has 0 unspecified atom stereocenters. The normalized spacial score (nSPS) is 42.7. The average molecular weight is 451 g/mol. The van der Waals surface area contributed by atoms with Crippen molar-refractivity contribution in [2.24, 2.45) is 28.6 Å². The summed E-state index contributed by atoms with van der Waals surface area (Å²) in [6, 6.07) is 0. The molecule has 0 spiro atoms. The Bertz CT molecular complexity index is 851. The van der Waals surface area contributed by atoms with Crippen molar-refractivity contribution in [2.75, 3.05) is 12.9 Å². The molecule has 1 N–H and O–H groups in total. The summed E-state index contributed by atoms with van der Waals surface area (Å²) in [4.78, 5) is 38.6. The van der Waals surface area contributed by atoms with E-state index in [0.29, 0.717) is 12.8 Å². The summed E-state index contributed by atoms with van der Waals surface area (Å²) in [5.74, 6) is 0.285. The zero-order valence-corrected chi connectivity index (χ0v) is 19.5. The number of carbonyl (C=O) groups is 3. The third kappa shape index (κ3) is 3.06. The lowest BCUT2D eigenvalue weighted by Crippen LogP contribution is -2.60. The van der Waals surface area contributed by atoms with Gasteiger partial charge in [0.05, 0.1) is 12.9 Å². The van der Waals surface area contributed by atoms with Crippen LogP contribution in [0, 0.1) is 28.6 Å². The zero-order valence-electron chi connectivity index (χ0n) is 17.9. The van der Waals surface area contributed by atoms with Crippen LogP contribution < -0.4 is 0 Å². The van der Waals surface area contributed by atoms with E-state index < -0.39 is 11.0 Å². The molecule has 0 aromatic rings. The molecule has 0 bridgehead atoms. The molecule has 30 heavy (non-hydrogen) atoms. The van der Waals surface area contributed by atoms with E-state index in [1.165, 1.54) is 7.11 Å². The monoisotopic (exact) mass is 450 g/mol. The van der Waals surface area contributed by atoms with Crippen molar-refractivity contribution in [3.8, 4) is 0 Å². The fourth-order valence-corrected chi connectivity index (χ4v) is 7.93. The summed E-state index contributed by atoms with van der Waals surface area (Å²) in [7, 11) is 1.46. The standard InChI is InChI=1S/C23H30O5S2/c1-21-8-6-14(24)10-13(21)4-5-15-16-7-9-23(27,18(26)12-30-20(29)28-3)22(16,2)11-17(25)19(15)21/h10,15-16,19,27H,4-9,11-12H2,1-3H3/t15-,16-,19+,21+,22+,23+/m1/s1. The van der Waals surface area contributed by atoms with Gasteiger partial charge in [-0.25, -0.2) is 0 Å². The van der Waals surface area contributed by atoms with E-state index in [9.17, 15) is 19.5 Å². The second-order valence-electron chi connectivity index (χ2n) is 9.97. The van der Waals surface area contributed by atoms with Crippen LogP contribution in [-0.2, 0) is 19.1 Å². The van der Waals surface area contributed by atoms with E-state index in [2.05, 4.69) is 6.92 Å². The Morgan fingerprint density at radius 2 is 2.00 bits per heavy atom. The molecule has 0 aromatic heterocycles. The van der Waals surface area contributed by atoms with Gasteiger partial charge >= 0.3 is 0 Å². The third-order valence-corrected chi connectivity index (χ3v) is 10.1. The maximum absolute atomic E-state index is 13.6. The van der Waals surface area contributed by atoms with Gasteiger partial charge in [-0.1, -0.05) is 31.2 Å². The molecular weight excluding hydrogens is 420 g/mol. The highest BCUT2D eigenvalue weighted by Crippen LogP contribution is 2.66. The number of carbonyl (C=O) groups excluding carboxylic acids is 3. The number of hydrogen-bond donors (Lipinski definition) is 1. The molecule has 0 aliphatic heterocycles. The number of aliphatic hydroxyl groups is 1. The summed E-state index contributed by atoms with van der Waals surface area (Å²) >= 11 is 6.14. The minimum absolute atomic E-state index is 0.0560. The van der Waals surface area contributed by atoms with Crippen molar-refractivity contribution in [1.82, 2.24) is 0 Å².